The minimum Gasteiger partial charge on any atom is -0.549 e. The summed E-state index contributed by atoms with van der Waals surface area (Å²) in [4.78, 5) is 22.7. The number of aryl methyl sites for hydroxylation is 1. The molecule has 0 atom stereocenters. The first-order chi connectivity index (χ1) is 19.5. The van der Waals surface area contributed by atoms with Crippen LogP contribution in [0.3, 0.4) is 0 Å². The van der Waals surface area contributed by atoms with Gasteiger partial charge in [0.15, 0.2) is 0 Å². The molecule has 0 aliphatic heterocycles. The monoisotopic (exact) mass is 548 g/mol. The number of aromatic hydroxyl groups is 2. The minimum atomic E-state index is -1.12. The van der Waals surface area contributed by atoms with E-state index in [1.54, 1.807) is 55.5 Å². The zero-order valence-corrected chi connectivity index (χ0v) is 22.9. The lowest BCUT2D eigenvalue weighted by atomic mass is 9.76. The molecule has 3 aromatic rings. The van der Waals surface area contributed by atoms with Crippen molar-refractivity contribution in [3.8, 4) is 11.5 Å². The van der Waals surface area contributed by atoms with Crippen LogP contribution in [0.2, 0.25) is 0 Å². The van der Waals surface area contributed by atoms with Gasteiger partial charge in [0.1, 0.15) is 11.5 Å². The topological polar surface area (TPSA) is 121 Å². The van der Waals surface area contributed by atoms with E-state index in [4.69, 9.17) is 0 Å². The lowest BCUT2D eigenvalue weighted by molar-refractivity contribution is -0.315. The number of phenolic OH excluding ortho intramolecular Hbond substituents is 2. The van der Waals surface area contributed by atoms with E-state index in [9.17, 15) is 30.0 Å². The summed E-state index contributed by atoms with van der Waals surface area (Å²) in [5.74, 6) is -1.73. The van der Waals surface area contributed by atoms with Crippen LogP contribution in [0.15, 0.2) is 121 Å². The molecule has 0 bridgehead atoms. The second-order valence-electron chi connectivity index (χ2n) is 10.7. The van der Waals surface area contributed by atoms with Gasteiger partial charge in [-0.2, -0.15) is 0 Å². The number of hydrogen-bond donors (Lipinski definition) is 2. The van der Waals surface area contributed by atoms with Gasteiger partial charge in [0.2, 0.25) is 0 Å². The number of carboxylic acids is 2. The lowest BCUT2D eigenvalue weighted by Crippen LogP contribution is -2.42. The summed E-state index contributed by atoms with van der Waals surface area (Å²) in [5.41, 5.74) is 1.97. The maximum absolute atomic E-state index is 11.8. The Balaban J connectivity index is 0.000000201. The van der Waals surface area contributed by atoms with E-state index in [0.717, 1.165) is 22.3 Å². The maximum Gasteiger partial charge on any atom is 0.115 e. The number of aliphatic carboxylic acids is 2. The third kappa shape index (κ3) is 7.03. The molecule has 0 spiro atoms. The van der Waals surface area contributed by atoms with Gasteiger partial charge in [-0.25, -0.2) is 0 Å². The second kappa shape index (κ2) is 12.1. The Morgan fingerprint density at radius 3 is 1.46 bits per heavy atom. The smallest absolute Gasteiger partial charge is 0.115 e. The first kappa shape index (κ1) is 29.2. The molecule has 0 amide bonds. The van der Waals surface area contributed by atoms with Gasteiger partial charge in [0.05, 0.1) is 11.9 Å². The number of benzene rings is 3. The van der Waals surface area contributed by atoms with Gasteiger partial charge in [0, 0.05) is 22.7 Å². The Morgan fingerprint density at radius 1 is 0.659 bits per heavy atom. The van der Waals surface area contributed by atoms with Crippen molar-refractivity contribution in [3.05, 3.63) is 144 Å². The highest BCUT2D eigenvalue weighted by Crippen LogP contribution is 2.35. The summed E-state index contributed by atoms with van der Waals surface area (Å²) in [7, 11) is 0. The Morgan fingerprint density at radius 2 is 1.07 bits per heavy atom. The van der Waals surface area contributed by atoms with E-state index < -0.39 is 22.8 Å². The van der Waals surface area contributed by atoms with Crippen molar-refractivity contribution < 1.29 is 30.0 Å². The molecule has 210 valence electrons. The van der Waals surface area contributed by atoms with Crippen LogP contribution in [0.5, 0.6) is 11.5 Å². The number of carboxylic acid groups (broad SMARTS) is 2. The van der Waals surface area contributed by atoms with Crippen LogP contribution < -0.4 is 10.2 Å². The average Bonchev–Trinajstić information content (AvgIpc) is 2.96. The molecule has 5 rings (SSSR count). The Hall–Kier alpha value is -4.84. The standard InChI is InChI=1S/C21H20O3.C14H14O3/c1-15-2-4-16(5-3-15)14-21(20(23)24)12-10-18(11-13-21)17-6-8-19(22)9-7-17;1-14(13(16)17)8-6-11(7-9-14)10-2-4-12(15)5-3-10/h2-13,18,22H,14H2,1H3,(H,23,24);2-9,11,15H,1H3,(H,16,17)/p-2. The molecule has 0 fully saturated rings. The quantitative estimate of drug-likeness (QED) is 0.445. The first-order valence-electron chi connectivity index (χ1n) is 13.3. The molecule has 2 N–H and O–H groups in total. The van der Waals surface area contributed by atoms with Crippen LogP contribution in [0.25, 0.3) is 0 Å². The molecule has 6 heteroatoms. The van der Waals surface area contributed by atoms with Gasteiger partial charge in [-0.1, -0.05) is 103 Å². The average molecular weight is 549 g/mol. The van der Waals surface area contributed by atoms with Gasteiger partial charge < -0.3 is 30.0 Å². The summed E-state index contributed by atoms with van der Waals surface area (Å²) in [6.07, 6.45) is 14.5. The SMILES string of the molecule is CC1(C(=O)[O-])C=CC(c2ccc(O)cc2)C=C1.Cc1ccc(CC2(C(=O)[O-])C=CC(c3ccc(O)cc3)C=C2)cc1. The highest BCUT2D eigenvalue weighted by atomic mass is 16.4. The van der Waals surface area contributed by atoms with E-state index in [1.807, 2.05) is 79.8 Å². The number of carbonyl (C=O) groups is 2. The summed E-state index contributed by atoms with van der Waals surface area (Å²) in [6.45, 7) is 3.60. The largest absolute Gasteiger partial charge is 0.549 e. The Bertz CT molecular complexity index is 1460. The zero-order chi connectivity index (χ0) is 29.6. The van der Waals surface area contributed by atoms with Crippen molar-refractivity contribution in [2.75, 3.05) is 0 Å². The fourth-order valence-corrected chi connectivity index (χ4v) is 4.74. The van der Waals surface area contributed by atoms with Crippen LogP contribution in [-0.2, 0) is 16.0 Å². The molecule has 2 aliphatic rings. The van der Waals surface area contributed by atoms with E-state index in [1.165, 1.54) is 0 Å². The fourth-order valence-electron chi connectivity index (χ4n) is 4.74. The van der Waals surface area contributed by atoms with Crippen molar-refractivity contribution >= 4 is 11.9 Å². The number of phenols is 2. The minimum absolute atomic E-state index is 0.00362. The van der Waals surface area contributed by atoms with E-state index in [2.05, 4.69) is 0 Å². The van der Waals surface area contributed by atoms with E-state index >= 15 is 0 Å². The molecule has 0 saturated carbocycles. The third-order valence-corrected chi connectivity index (χ3v) is 7.49. The van der Waals surface area contributed by atoms with Crippen molar-refractivity contribution in [2.45, 2.75) is 32.1 Å². The van der Waals surface area contributed by atoms with Gasteiger partial charge in [-0.3, -0.25) is 0 Å². The highest BCUT2D eigenvalue weighted by Gasteiger charge is 2.29. The van der Waals surface area contributed by atoms with Crippen molar-refractivity contribution in [3.63, 3.8) is 0 Å². The number of allylic oxidation sites excluding steroid dienone is 4. The van der Waals surface area contributed by atoms with Gasteiger partial charge >= 0.3 is 0 Å². The fraction of sp³-hybridized carbons (Fsp3) is 0.200. The second-order valence-corrected chi connectivity index (χ2v) is 10.7. The lowest BCUT2D eigenvalue weighted by Gasteiger charge is -2.32. The Kier molecular flexibility index (Phi) is 8.62. The molecule has 41 heavy (non-hydrogen) atoms. The molecule has 6 nitrogen and oxygen atoms in total. The zero-order valence-electron chi connectivity index (χ0n) is 22.9. The molecule has 0 heterocycles. The van der Waals surface area contributed by atoms with Crippen LogP contribution >= 0.6 is 0 Å². The molecular weight excluding hydrogens is 516 g/mol. The van der Waals surface area contributed by atoms with E-state index in [-0.39, 0.29) is 23.3 Å². The summed E-state index contributed by atoms with van der Waals surface area (Å²) < 4.78 is 0. The summed E-state index contributed by atoms with van der Waals surface area (Å²) in [5, 5.41) is 41.3. The van der Waals surface area contributed by atoms with Crippen LogP contribution in [0, 0.1) is 17.8 Å². The summed E-state index contributed by atoms with van der Waals surface area (Å²) in [6, 6.07) is 21.7. The molecule has 0 radical (unpaired) electrons. The van der Waals surface area contributed by atoms with Gasteiger partial charge in [-0.15, -0.1) is 0 Å². The van der Waals surface area contributed by atoms with Crippen molar-refractivity contribution in [1.29, 1.82) is 0 Å². The molecular formula is C35H32O6-2. The number of rotatable bonds is 6. The van der Waals surface area contributed by atoms with Crippen LogP contribution in [0.4, 0.5) is 0 Å². The van der Waals surface area contributed by atoms with E-state index in [0.29, 0.717) is 6.42 Å². The maximum atomic E-state index is 11.8. The molecule has 0 aromatic heterocycles. The molecule has 2 aliphatic carbocycles. The normalized spacial score (nSPS) is 24.3. The Labute approximate surface area is 239 Å². The van der Waals surface area contributed by atoms with Gasteiger partial charge in [-0.05, 0) is 61.2 Å². The van der Waals surface area contributed by atoms with Crippen molar-refractivity contribution in [2.24, 2.45) is 10.8 Å². The number of carbonyl (C=O) groups excluding carboxylic acids is 2. The predicted molar refractivity (Wildman–Crippen MR) is 154 cm³/mol. The molecule has 3 aromatic carbocycles. The third-order valence-electron chi connectivity index (χ3n) is 7.49. The number of hydrogen-bond acceptors (Lipinski definition) is 6. The van der Waals surface area contributed by atoms with Crippen LogP contribution in [-0.4, -0.2) is 22.2 Å². The van der Waals surface area contributed by atoms with Gasteiger partial charge in [0.25, 0.3) is 0 Å². The van der Waals surface area contributed by atoms with Crippen LogP contribution in [0.1, 0.15) is 41.0 Å². The molecule has 0 saturated heterocycles. The predicted octanol–water partition coefficient (Wildman–Crippen LogP) is 4.25. The summed E-state index contributed by atoms with van der Waals surface area (Å²) >= 11 is 0. The first-order valence-corrected chi connectivity index (χ1v) is 13.3. The molecule has 0 unspecified atom stereocenters. The van der Waals surface area contributed by atoms with Crippen molar-refractivity contribution in [1.82, 2.24) is 0 Å². The highest BCUT2D eigenvalue weighted by molar-refractivity contribution is 5.79.